The standard InChI is InChI=1S/C21H32O6S2/c22-18(20(29(24,25)26)28-19(23)16-4-2-1-3-5-16)27-13-21-9-8-15-7-6-14(11-21)10-17(15)12-21/h14-17,20H,1-13H2,(H,24,25,26). The molecule has 0 aromatic rings. The minimum atomic E-state index is -4.71. The lowest BCUT2D eigenvalue weighted by atomic mass is 9.52. The SMILES string of the molecule is O=C(SC(C(=O)OCC12CCC3CCC(CC3C1)C2)S(=O)(=O)O)C1CCCCC1. The van der Waals surface area contributed by atoms with Gasteiger partial charge in [0.15, 0.2) is 5.12 Å². The van der Waals surface area contributed by atoms with Crippen LogP contribution in [0.3, 0.4) is 0 Å². The molecule has 0 saturated heterocycles. The summed E-state index contributed by atoms with van der Waals surface area (Å²) in [6.45, 7) is 0.204. The molecule has 4 fully saturated rings. The highest BCUT2D eigenvalue weighted by molar-refractivity contribution is 8.22. The fourth-order valence-corrected chi connectivity index (χ4v) is 8.33. The molecule has 5 unspecified atom stereocenters. The summed E-state index contributed by atoms with van der Waals surface area (Å²) in [5.41, 5.74) is -0.0536. The van der Waals surface area contributed by atoms with Gasteiger partial charge in [-0.2, -0.15) is 8.42 Å². The average molecular weight is 445 g/mol. The van der Waals surface area contributed by atoms with Crippen LogP contribution in [0.4, 0.5) is 0 Å². The molecule has 0 aromatic carbocycles. The molecule has 1 N–H and O–H groups in total. The van der Waals surface area contributed by atoms with Crippen LogP contribution in [-0.2, 0) is 24.4 Å². The highest BCUT2D eigenvalue weighted by Crippen LogP contribution is 2.58. The first-order valence-electron chi connectivity index (χ1n) is 11.1. The maximum Gasteiger partial charge on any atom is 0.337 e. The molecule has 0 spiro atoms. The zero-order chi connectivity index (χ0) is 20.6. The quantitative estimate of drug-likeness (QED) is 0.484. The van der Waals surface area contributed by atoms with Gasteiger partial charge in [0.25, 0.3) is 10.1 Å². The first-order valence-corrected chi connectivity index (χ1v) is 13.5. The van der Waals surface area contributed by atoms with E-state index in [1.54, 1.807) is 0 Å². The summed E-state index contributed by atoms with van der Waals surface area (Å²) in [5.74, 6) is 0.953. The zero-order valence-corrected chi connectivity index (χ0v) is 18.5. The fraction of sp³-hybridized carbons (Fsp3) is 0.905. The number of ether oxygens (including phenoxy) is 1. The van der Waals surface area contributed by atoms with E-state index in [2.05, 4.69) is 0 Å². The van der Waals surface area contributed by atoms with Crippen LogP contribution in [-0.4, -0.2) is 35.2 Å². The number of esters is 1. The summed E-state index contributed by atoms with van der Waals surface area (Å²) in [7, 11) is -4.71. The molecule has 4 rings (SSSR count). The summed E-state index contributed by atoms with van der Waals surface area (Å²) >= 11 is 0.435. The van der Waals surface area contributed by atoms with Gasteiger partial charge in [-0.05, 0) is 69.1 Å². The van der Waals surface area contributed by atoms with E-state index in [-0.39, 0.29) is 23.1 Å². The summed E-state index contributed by atoms with van der Waals surface area (Å²) in [5, 5.41) is -0.324. The minimum absolute atomic E-state index is 0.0536. The van der Waals surface area contributed by atoms with E-state index < -0.39 is 20.7 Å². The smallest absolute Gasteiger partial charge is 0.337 e. The highest BCUT2D eigenvalue weighted by Gasteiger charge is 2.50. The molecule has 5 atom stereocenters. The Kier molecular flexibility index (Phi) is 6.34. The van der Waals surface area contributed by atoms with Crippen molar-refractivity contribution >= 4 is 33.0 Å². The monoisotopic (exact) mass is 444 g/mol. The van der Waals surface area contributed by atoms with Gasteiger partial charge in [0.05, 0.1) is 6.61 Å². The second-order valence-corrected chi connectivity index (χ2v) is 12.8. The molecule has 8 heteroatoms. The molecule has 0 aliphatic heterocycles. The topological polar surface area (TPSA) is 97.7 Å². The summed E-state index contributed by atoms with van der Waals surface area (Å²) in [6.07, 6.45) is 12.5. The van der Waals surface area contributed by atoms with Gasteiger partial charge >= 0.3 is 5.97 Å². The maximum atomic E-state index is 12.6. The first-order chi connectivity index (χ1) is 13.8. The van der Waals surface area contributed by atoms with Crippen molar-refractivity contribution in [2.45, 2.75) is 81.6 Å². The number of rotatable bonds is 6. The third-order valence-corrected chi connectivity index (χ3v) is 10.6. The number of hydrogen-bond donors (Lipinski definition) is 1. The molecule has 29 heavy (non-hydrogen) atoms. The minimum Gasteiger partial charge on any atom is -0.463 e. The van der Waals surface area contributed by atoms with Gasteiger partial charge in [-0.15, -0.1) is 0 Å². The van der Waals surface area contributed by atoms with Crippen LogP contribution in [0.1, 0.15) is 77.0 Å². The van der Waals surface area contributed by atoms with E-state index in [0.717, 1.165) is 50.9 Å². The lowest BCUT2D eigenvalue weighted by Gasteiger charge is -2.54. The van der Waals surface area contributed by atoms with E-state index in [1.807, 2.05) is 0 Å². The molecule has 0 radical (unpaired) electrons. The second kappa shape index (κ2) is 8.50. The Balaban J connectivity index is 1.39. The molecule has 4 aliphatic carbocycles. The number of carbonyl (C=O) groups excluding carboxylic acids is 2. The Morgan fingerprint density at radius 1 is 1.03 bits per heavy atom. The van der Waals surface area contributed by atoms with Crippen LogP contribution in [0.15, 0.2) is 0 Å². The molecule has 4 saturated carbocycles. The molecule has 4 aliphatic rings. The van der Waals surface area contributed by atoms with Gasteiger partial charge in [0.1, 0.15) is 0 Å². The summed E-state index contributed by atoms with van der Waals surface area (Å²) < 4.78 is 36.9. The van der Waals surface area contributed by atoms with Crippen molar-refractivity contribution in [3.05, 3.63) is 0 Å². The molecule has 0 heterocycles. The van der Waals surface area contributed by atoms with Crippen LogP contribution in [0.25, 0.3) is 0 Å². The lowest BCUT2D eigenvalue weighted by molar-refractivity contribution is -0.151. The van der Waals surface area contributed by atoms with Crippen LogP contribution in [0.5, 0.6) is 0 Å². The van der Waals surface area contributed by atoms with Crippen molar-refractivity contribution in [3.63, 3.8) is 0 Å². The van der Waals surface area contributed by atoms with Crippen molar-refractivity contribution in [1.82, 2.24) is 0 Å². The molecule has 3 bridgehead atoms. The van der Waals surface area contributed by atoms with Gasteiger partial charge in [-0.1, -0.05) is 37.4 Å². The predicted octanol–water partition coefficient (Wildman–Crippen LogP) is 4.19. The number of fused-ring (bicyclic) bond motifs is 2. The maximum absolute atomic E-state index is 12.6. The van der Waals surface area contributed by atoms with Crippen molar-refractivity contribution in [3.8, 4) is 0 Å². The van der Waals surface area contributed by atoms with Crippen molar-refractivity contribution in [1.29, 1.82) is 0 Å². The van der Waals surface area contributed by atoms with E-state index in [0.29, 0.717) is 36.4 Å². The average Bonchev–Trinajstić information content (AvgIpc) is 2.68. The lowest BCUT2D eigenvalue weighted by Crippen LogP contribution is -2.47. The number of hydrogen-bond acceptors (Lipinski definition) is 6. The highest BCUT2D eigenvalue weighted by atomic mass is 32.3. The molecule has 164 valence electrons. The van der Waals surface area contributed by atoms with Crippen LogP contribution in [0.2, 0.25) is 0 Å². The normalized spacial score (nSPS) is 35.8. The predicted molar refractivity (Wildman–Crippen MR) is 111 cm³/mol. The van der Waals surface area contributed by atoms with E-state index in [4.69, 9.17) is 4.74 Å². The Bertz CT molecular complexity index is 740. The Morgan fingerprint density at radius 3 is 2.52 bits per heavy atom. The van der Waals surface area contributed by atoms with E-state index >= 15 is 0 Å². The largest absolute Gasteiger partial charge is 0.463 e. The van der Waals surface area contributed by atoms with Crippen LogP contribution in [0, 0.1) is 29.1 Å². The molecule has 0 aromatic heterocycles. The Labute approximate surface area is 177 Å². The van der Waals surface area contributed by atoms with Gasteiger partial charge < -0.3 is 4.74 Å². The summed E-state index contributed by atoms with van der Waals surface area (Å²) in [4.78, 5) is 25.1. The summed E-state index contributed by atoms with van der Waals surface area (Å²) in [6, 6.07) is 0. The molecular formula is C21H32O6S2. The van der Waals surface area contributed by atoms with Crippen molar-refractivity contribution in [2.75, 3.05) is 6.61 Å². The van der Waals surface area contributed by atoms with Crippen molar-refractivity contribution in [2.24, 2.45) is 29.1 Å². The third-order valence-electron chi connectivity index (χ3n) is 7.86. The van der Waals surface area contributed by atoms with Gasteiger partial charge in [0.2, 0.25) is 4.58 Å². The number of thioether (sulfide) groups is 1. The zero-order valence-electron chi connectivity index (χ0n) is 16.9. The third kappa shape index (κ3) is 4.85. The van der Waals surface area contributed by atoms with Gasteiger partial charge in [-0.25, -0.2) is 4.79 Å². The molecule has 0 amide bonds. The van der Waals surface area contributed by atoms with Gasteiger partial charge in [0, 0.05) is 11.3 Å². The van der Waals surface area contributed by atoms with Crippen LogP contribution < -0.4 is 0 Å². The van der Waals surface area contributed by atoms with Gasteiger partial charge in [-0.3, -0.25) is 9.35 Å². The number of carbonyl (C=O) groups is 2. The first kappa shape index (κ1) is 21.6. The fourth-order valence-electron chi connectivity index (χ4n) is 6.44. The Hall–Kier alpha value is -0.600. The van der Waals surface area contributed by atoms with Crippen LogP contribution >= 0.6 is 11.8 Å². The Morgan fingerprint density at radius 2 is 1.79 bits per heavy atom. The second-order valence-electron chi connectivity index (χ2n) is 9.87. The van der Waals surface area contributed by atoms with E-state index in [9.17, 15) is 22.6 Å². The molecule has 6 nitrogen and oxygen atoms in total. The van der Waals surface area contributed by atoms with Crippen molar-refractivity contribution < 1.29 is 27.3 Å². The molecular weight excluding hydrogens is 412 g/mol. The van der Waals surface area contributed by atoms with E-state index in [1.165, 1.54) is 19.3 Å².